The van der Waals surface area contributed by atoms with E-state index in [-0.39, 0.29) is 11.8 Å². The molecule has 3 aromatic rings. The number of benzene rings is 2. The van der Waals surface area contributed by atoms with Crippen molar-refractivity contribution < 1.29 is 18.7 Å². The van der Waals surface area contributed by atoms with Gasteiger partial charge in [-0.15, -0.1) is 0 Å². The zero-order valence-electron chi connectivity index (χ0n) is 13.9. The number of carbonyl (C=O) groups is 2. The molecule has 0 saturated carbocycles. The quantitative estimate of drug-likeness (QED) is 0.778. The molecule has 25 heavy (non-hydrogen) atoms. The number of anilines is 1. The number of hydrogen-bond donors (Lipinski definition) is 1. The molecule has 1 aromatic heterocycles. The maximum absolute atomic E-state index is 13.5. The Morgan fingerprint density at radius 2 is 1.88 bits per heavy atom. The fourth-order valence-electron chi connectivity index (χ4n) is 2.64. The zero-order valence-corrected chi connectivity index (χ0v) is 13.9. The van der Waals surface area contributed by atoms with Gasteiger partial charge in [0, 0.05) is 24.2 Å². The van der Waals surface area contributed by atoms with Crippen LogP contribution in [0.4, 0.5) is 10.1 Å². The predicted octanol–water partition coefficient (Wildman–Crippen LogP) is 4.09. The van der Waals surface area contributed by atoms with Crippen LogP contribution in [-0.2, 0) is 0 Å². The second kappa shape index (κ2) is 6.76. The van der Waals surface area contributed by atoms with Gasteiger partial charge in [-0.3, -0.25) is 14.2 Å². The smallest absolute Gasteiger partial charge is 0.257 e. The summed E-state index contributed by atoms with van der Waals surface area (Å²) in [5.74, 6) is -0.424. The van der Waals surface area contributed by atoms with Crippen molar-refractivity contribution in [3.63, 3.8) is 0 Å². The standard InChI is InChI=1S/C19H17FN2O3/c1-3-25-15-7-5-14(6-8-15)21-19(24)17-11-22(12(2)23)18-10-13(20)4-9-16(17)18/h4-11H,3H2,1-2H3,(H,21,24). The van der Waals surface area contributed by atoms with E-state index in [1.807, 2.05) is 6.92 Å². The third-order valence-corrected chi connectivity index (χ3v) is 3.77. The van der Waals surface area contributed by atoms with E-state index in [0.717, 1.165) is 0 Å². The topological polar surface area (TPSA) is 60.3 Å². The Kier molecular flexibility index (Phi) is 4.52. The third-order valence-electron chi connectivity index (χ3n) is 3.77. The molecule has 1 amide bonds. The van der Waals surface area contributed by atoms with Crippen LogP contribution in [0.3, 0.4) is 0 Å². The molecular weight excluding hydrogens is 323 g/mol. The monoisotopic (exact) mass is 340 g/mol. The van der Waals surface area contributed by atoms with Crippen LogP contribution < -0.4 is 10.1 Å². The molecule has 0 spiro atoms. The van der Waals surface area contributed by atoms with E-state index in [4.69, 9.17) is 4.74 Å². The second-order valence-electron chi connectivity index (χ2n) is 5.50. The van der Waals surface area contributed by atoms with Crippen LogP contribution >= 0.6 is 0 Å². The zero-order chi connectivity index (χ0) is 18.0. The average molecular weight is 340 g/mol. The number of nitrogens with one attached hydrogen (secondary N) is 1. The normalized spacial score (nSPS) is 10.7. The molecule has 0 aliphatic rings. The van der Waals surface area contributed by atoms with Gasteiger partial charge in [0.1, 0.15) is 11.6 Å². The summed E-state index contributed by atoms with van der Waals surface area (Å²) in [6.45, 7) is 3.81. The molecule has 0 fully saturated rings. The minimum atomic E-state index is -0.466. The van der Waals surface area contributed by atoms with Crippen molar-refractivity contribution in [2.45, 2.75) is 13.8 Å². The molecule has 0 atom stereocenters. The van der Waals surface area contributed by atoms with Gasteiger partial charge in [0.15, 0.2) is 0 Å². The maximum Gasteiger partial charge on any atom is 0.257 e. The highest BCUT2D eigenvalue weighted by Crippen LogP contribution is 2.24. The maximum atomic E-state index is 13.5. The Morgan fingerprint density at radius 1 is 1.16 bits per heavy atom. The van der Waals surface area contributed by atoms with Gasteiger partial charge in [-0.05, 0) is 49.4 Å². The Bertz CT molecular complexity index is 945. The molecule has 5 nitrogen and oxygen atoms in total. The summed E-state index contributed by atoms with van der Waals surface area (Å²) in [7, 11) is 0. The van der Waals surface area contributed by atoms with Crippen molar-refractivity contribution in [2.75, 3.05) is 11.9 Å². The average Bonchev–Trinajstić information content (AvgIpc) is 2.96. The van der Waals surface area contributed by atoms with Crippen molar-refractivity contribution in [3.8, 4) is 5.75 Å². The van der Waals surface area contributed by atoms with E-state index in [9.17, 15) is 14.0 Å². The molecule has 2 aromatic carbocycles. The first-order valence-electron chi connectivity index (χ1n) is 7.85. The number of amides is 1. The van der Waals surface area contributed by atoms with Crippen molar-refractivity contribution in [1.29, 1.82) is 0 Å². The molecule has 1 N–H and O–H groups in total. The van der Waals surface area contributed by atoms with E-state index < -0.39 is 5.82 Å². The minimum absolute atomic E-state index is 0.296. The molecule has 0 unspecified atom stereocenters. The van der Waals surface area contributed by atoms with Crippen LogP contribution in [0.5, 0.6) is 5.75 Å². The summed E-state index contributed by atoms with van der Waals surface area (Å²) in [5.41, 5.74) is 1.27. The lowest BCUT2D eigenvalue weighted by atomic mass is 10.1. The predicted molar refractivity (Wildman–Crippen MR) is 93.8 cm³/mol. The number of nitrogens with zero attached hydrogens (tertiary/aromatic N) is 1. The van der Waals surface area contributed by atoms with Gasteiger partial charge >= 0.3 is 0 Å². The van der Waals surface area contributed by atoms with Gasteiger partial charge in [0.2, 0.25) is 5.91 Å². The van der Waals surface area contributed by atoms with Crippen molar-refractivity contribution in [1.82, 2.24) is 4.57 Å². The van der Waals surface area contributed by atoms with E-state index >= 15 is 0 Å². The van der Waals surface area contributed by atoms with Gasteiger partial charge in [-0.1, -0.05) is 0 Å². The van der Waals surface area contributed by atoms with E-state index in [1.165, 1.54) is 35.9 Å². The second-order valence-corrected chi connectivity index (χ2v) is 5.50. The number of aromatic nitrogens is 1. The van der Waals surface area contributed by atoms with Crippen LogP contribution in [0.2, 0.25) is 0 Å². The van der Waals surface area contributed by atoms with E-state index in [2.05, 4.69) is 5.32 Å². The summed E-state index contributed by atoms with van der Waals surface area (Å²) in [4.78, 5) is 24.4. The first kappa shape index (κ1) is 16.7. The van der Waals surface area contributed by atoms with Crippen LogP contribution in [-0.4, -0.2) is 23.0 Å². The SMILES string of the molecule is CCOc1ccc(NC(=O)c2cn(C(C)=O)c3cc(F)ccc23)cc1. The fraction of sp³-hybridized carbons (Fsp3) is 0.158. The highest BCUT2D eigenvalue weighted by Gasteiger charge is 2.17. The highest BCUT2D eigenvalue weighted by molar-refractivity contribution is 6.14. The first-order chi connectivity index (χ1) is 12.0. The van der Waals surface area contributed by atoms with Gasteiger partial charge in [-0.25, -0.2) is 4.39 Å². The highest BCUT2D eigenvalue weighted by atomic mass is 19.1. The van der Waals surface area contributed by atoms with E-state index in [0.29, 0.717) is 34.5 Å². The van der Waals surface area contributed by atoms with Crippen LogP contribution in [0, 0.1) is 5.82 Å². The lowest BCUT2D eigenvalue weighted by molar-refractivity contribution is 0.0941. The molecule has 0 radical (unpaired) electrons. The van der Waals surface area contributed by atoms with Crippen molar-refractivity contribution in [2.24, 2.45) is 0 Å². The third kappa shape index (κ3) is 3.38. The Morgan fingerprint density at radius 3 is 2.52 bits per heavy atom. The fourth-order valence-corrected chi connectivity index (χ4v) is 2.64. The number of ether oxygens (including phenoxy) is 1. The Labute approximate surface area is 144 Å². The summed E-state index contributed by atoms with van der Waals surface area (Å²) in [6, 6.07) is 11.0. The molecule has 0 aliphatic carbocycles. The summed E-state index contributed by atoms with van der Waals surface area (Å²) in [6.07, 6.45) is 1.43. The number of hydrogen-bond acceptors (Lipinski definition) is 3. The van der Waals surface area contributed by atoms with Crippen molar-refractivity contribution in [3.05, 3.63) is 60.0 Å². The molecule has 0 aliphatic heterocycles. The van der Waals surface area contributed by atoms with Gasteiger partial charge in [0.05, 0.1) is 17.7 Å². The molecule has 1 heterocycles. The van der Waals surface area contributed by atoms with Crippen LogP contribution in [0.15, 0.2) is 48.7 Å². The first-order valence-corrected chi connectivity index (χ1v) is 7.85. The number of rotatable bonds is 4. The summed E-state index contributed by atoms with van der Waals surface area (Å²) < 4.78 is 20.1. The van der Waals surface area contributed by atoms with Gasteiger partial charge < -0.3 is 10.1 Å². The summed E-state index contributed by atoms with van der Waals surface area (Å²) >= 11 is 0. The molecule has 3 rings (SSSR count). The summed E-state index contributed by atoms with van der Waals surface area (Å²) in [5, 5.41) is 3.29. The van der Waals surface area contributed by atoms with Gasteiger partial charge in [0.25, 0.3) is 5.91 Å². The molecule has 6 heteroatoms. The Balaban J connectivity index is 1.93. The Hall–Kier alpha value is -3.15. The molecular formula is C19H17FN2O3. The number of halogens is 1. The lowest BCUT2D eigenvalue weighted by Gasteiger charge is -2.06. The van der Waals surface area contributed by atoms with Crippen LogP contribution in [0.1, 0.15) is 29.0 Å². The van der Waals surface area contributed by atoms with Gasteiger partial charge in [-0.2, -0.15) is 0 Å². The number of fused-ring (bicyclic) bond motifs is 1. The van der Waals surface area contributed by atoms with Crippen LogP contribution in [0.25, 0.3) is 10.9 Å². The lowest BCUT2D eigenvalue weighted by Crippen LogP contribution is -2.11. The van der Waals surface area contributed by atoms with E-state index in [1.54, 1.807) is 24.3 Å². The van der Waals surface area contributed by atoms with Crippen molar-refractivity contribution >= 4 is 28.4 Å². The largest absolute Gasteiger partial charge is 0.494 e. The number of carbonyl (C=O) groups excluding carboxylic acids is 2. The minimum Gasteiger partial charge on any atom is -0.494 e. The molecule has 0 bridgehead atoms. The molecule has 0 saturated heterocycles. The molecule has 128 valence electrons.